The largest absolute Gasteiger partial charge is 0.497 e. The topological polar surface area (TPSA) is 57.3 Å². The molecule has 0 bridgehead atoms. The molecule has 3 rings (SSSR count). The van der Waals surface area contributed by atoms with Gasteiger partial charge in [0.2, 0.25) is 4.80 Å². The van der Waals surface area contributed by atoms with Crippen molar-refractivity contribution >= 4 is 17.0 Å². The Balaban J connectivity index is 2.15. The van der Waals surface area contributed by atoms with Crippen LogP contribution in [0.2, 0.25) is 0 Å². The quantitative estimate of drug-likeness (QED) is 0.350. The molecule has 0 saturated carbocycles. The number of hydrogen-bond acceptors (Lipinski definition) is 6. The zero-order chi connectivity index (χ0) is 22.2. The van der Waals surface area contributed by atoms with E-state index in [4.69, 9.17) is 19.3 Å². The van der Waals surface area contributed by atoms with E-state index < -0.39 is 0 Å². The second-order valence-corrected chi connectivity index (χ2v) is 7.38. The highest BCUT2D eigenvalue weighted by atomic mass is 32.1. The lowest BCUT2D eigenvalue weighted by molar-refractivity contribution is 0.355. The molecule has 3 aromatic rings. The normalized spacial score (nSPS) is 12.0. The highest BCUT2D eigenvalue weighted by Gasteiger charge is 2.12. The first-order valence-corrected chi connectivity index (χ1v) is 10.8. The van der Waals surface area contributed by atoms with Crippen molar-refractivity contribution in [2.24, 2.45) is 10.1 Å². The average Bonchev–Trinajstić information content (AvgIpc) is 3.22. The van der Waals surface area contributed by atoms with Gasteiger partial charge in [-0.25, -0.2) is 4.68 Å². The summed E-state index contributed by atoms with van der Waals surface area (Å²) in [6.07, 6.45) is 2.51. The third kappa shape index (κ3) is 5.06. The second-order valence-electron chi connectivity index (χ2n) is 6.54. The number of methoxy groups -OCH3 is 3. The van der Waals surface area contributed by atoms with Crippen LogP contribution in [0.3, 0.4) is 0 Å². The molecule has 31 heavy (non-hydrogen) atoms. The molecule has 0 aliphatic heterocycles. The summed E-state index contributed by atoms with van der Waals surface area (Å²) in [6, 6.07) is 13.8. The lowest BCUT2D eigenvalue weighted by Crippen LogP contribution is -2.15. The van der Waals surface area contributed by atoms with E-state index in [1.807, 2.05) is 47.1 Å². The van der Waals surface area contributed by atoms with E-state index in [1.54, 1.807) is 38.7 Å². The number of ether oxygens (including phenoxy) is 3. The molecule has 162 valence electrons. The molecule has 0 atom stereocenters. The van der Waals surface area contributed by atoms with E-state index in [9.17, 15) is 0 Å². The van der Waals surface area contributed by atoms with Crippen LogP contribution < -0.4 is 19.0 Å². The molecule has 0 amide bonds. The molecule has 0 unspecified atom stereocenters. The molecule has 6 nitrogen and oxygen atoms in total. The molecule has 0 radical (unpaired) electrons. The first-order chi connectivity index (χ1) is 15.1. The van der Waals surface area contributed by atoms with Crippen molar-refractivity contribution in [2.45, 2.75) is 13.3 Å². The zero-order valence-electron chi connectivity index (χ0n) is 18.3. The van der Waals surface area contributed by atoms with Crippen molar-refractivity contribution in [3.05, 3.63) is 70.9 Å². The van der Waals surface area contributed by atoms with E-state index in [0.29, 0.717) is 18.0 Å². The summed E-state index contributed by atoms with van der Waals surface area (Å²) in [5, 5.41) is 7.06. The van der Waals surface area contributed by atoms with Gasteiger partial charge in [-0.15, -0.1) is 17.9 Å². The number of benzene rings is 2. The number of nitrogens with zero attached hydrogens (tertiary/aromatic N) is 3. The third-order valence-electron chi connectivity index (χ3n) is 4.70. The predicted octanol–water partition coefficient (Wildman–Crippen LogP) is 4.99. The van der Waals surface area contributed by atoms with Gasteiger partial charge in [-0.2, -0.15) is 5.10 Å². The Bertz CT molecular complexity index is 1130. The first-order valence-electron chi connectivity index (χ1n) is 9.91. The summed E-state index contributed by atoms with van der Waals surface area (Å²) >= 11 is 1.55. The van der Waals surface area contributed by atoms with Crippen LogP contribution in [-0.2, 0) is 0 Å². The number of thiazole rings is 1. The van der Waals surface area contributed by atoms with Crippen LogP contribution in [0, 0.1) is 0 Å². The highest BCUT2D eigenvalue weighted by Crippen LogP contribution is 2.29. The monoisotopic (exact) mass is 437 g/mol. The maximum absolute atomic E-state index is 5.47. The molecule has 1 heterocycles. The van der Waals surface area contributed by atoms with Gasteiger partial charge < -0.3 is 14.2 Å². The summed E-state index contributed by atoms with van der Waals surface area (Å²) in [5.74, 6) is 2.17. The maximum atomic E-state index is 5.47. The smallest absolute Gasteiger partial charge is 0.206 e. The number of aromatic nitrogens is 1. The zero-order valence-corrected chi connectivity index (χ0v) is 19.1. The second kappa shape index (κ2) is 10.6. The van der Waals surface area contributed by atoms with Gasteiger partial charge in [-0.1, -0.05) is 13.0 Å². The van der Waals surface area contributed by atoms with Crippen molar-refractivity contribution in [3.8, 4) is 28.5 Å². The predicted molar refractivity (Wildman–Crippen MR) is 127 cm³/mol. The molecule has 0 fully saturated rings. The Morgan fingerprint density at radius 3 is 2.39 bits per heavy atom. The van der Waals surface area contributed by atoms with Crippen molar-refractivity contribution in [3.63, 3.8) is 0 Å². The van der Waals surface area contributed by atoms with Crippen LogP contribution in [0.25, 0.3) is 11.3 Å². The lowest BCUT2D eigenvalue weighted by atomic mass is 10.1. The molecule has 0 spiro atoms. The molecule has 0 saturated heterocycles. The fraction of sp³-hybridized carbons (Fsp3) is 0.250. The van der Waals surface area contributed by atoms with Gasteiger partial charge in [0.15, 0.2) is 11.5 Å². The molecule has 0 aliphatic carbocycles. The van der Waals surface area contributed by atoms with Gasteiger partial charge in [0.25, 0.3) is 0 Å². The van der Waals surface area contributed by atoms with Crippen molar-refractivity contribution in [1.29, 1.82) is 0 Å². The molecule has 1 aromatic heterocycles. The SMILES string of the molecule is C=CCN=c1scc(-c2ccc(OC)cc2)n1N=C(CC)c1ccc(OC)c(OC)c1. The first kappa shape index (κ1) is 22.4. The van der Waals surface area contributed by atoms with E-state index in [1.165, 1.54) is 0 Å². The molecular weight excluding hydrogens is 410 g/mol. The van der Waals surface area contributed by atoms with E-state index in [0.717, 1.165) is 39.5 Å². The molecule has 0 N–H and O–H groups in total. The van der Waals surface area contributed by atoms with E-state index in [2.05, 4.69) is 23.9 Å². The highest BCUT2D eigenvalue weighted by molar-refractivity contribution is 7.07. The summed E-state index contributed by atoms with van der Waals surface area (Å²) < 4.78 is 18.0. The van der Waals surface area contributed by atoms with Crippen molar-refractivity contribution in [2.75, 3.05) is 27.9 Å². The fourth-order valence-electron chi connectivity index (χ4n) is 3.08. The van der Waals surface area contributed by atoms with Crippen LogP contribution in [0.5, 0.6) is 17.2 Å². The Morgan fingerprint density at radius 2 is 1.77 bits per heavy atom. The molecular formula is C24H27N3O3S. The minimum absolute atomic E-state index is 0.524. The Morgan fingerprint density at radius 1 is 1.03 bits per heavy atom. The third-order valence-corrected chi connectivity index (χ3v) is 5.55. The minimum Gasteiger partial charge on any atom is -0.497 e. The van der Waals surface area contributed by atoms with Crippen LogP contribution in [-0.4, -0.2) is 38.3 Å². The van der Waals surface area contributed by atoms with Crippen LogP contribution in [0.4, 0.5) is 0 Å². The molecule has 2 aromatic carbocycles. The summed E-state index contributed by atoms with van der Waals surface area (Å²) in [7, 11) is 4.92. The maximum Gasteiger partial charge on any atom is 0.206 e. The van der Waals surface area contributed by atoms with E-state index >= 15 is 0 Å². The van der Waals surface area contributed by atoms with Crippen molar-refractivity contribution in [1.82, 2.24) is 4.68 Å². The lowest BCUT2D eigenvalue weighted by Gasteiger charge is -2.12. The standard InChI is InChI=1S/C24H27N3O3S/c1-6-14-25-24-27(21(16-31-24)17-8-11-19(28-3)12-9-17)26-20(7-2)18-10-13-22(29-4)23(15-18)30-5/h6,8-13,15-16H,1,7,14H2,2-5H3. The van der Waals surface area contributed by atoms with E-state index in [-0.39, 0.29) is 0 Å². The summed E-state index contributed by atoms with van der Waals surface area (Å²) in [6.45, 7) is 6.38. The summed E-state index contributed by atoms with van der Waals surface area (Å²) in [4.78, 5) is 5.44. The van der Waals surface area contributed by atoms with Gasteiger partial charge in [0, 0.05) is 16.5 Å². The number of rotatable bonds is 9. The fourth-order valence-corrected chi connectivity index (χ4v) is 3.92. The van der Waals surface area contributed by atoms with Gasteiger partial charge in [0.1, 0.15) is 5.75 Å². The number of hydrogen-bond donors (Lipinski definition) is 0. The van der Waals surface area contributed by atoms with Crippen LogP contribution in [0.1, 0.15) is 18.9 Å². The van der Waals surface area contributed by atoms with Gasteiger partial charge in [0.05, 0.1) is 39.3 Å². The van der Waals surface area contributed by atoms with Crippen molar-refractivity contribution < 1.29 is 14.2 Å². The minimum atomic E-state index is 0.524. The Hall–Kier alpha value is -3.32. The van der Waals surface area contributed by atoms with Crippen LogP contribution in [0.15, 0.2) is 70.6 Å². The average molecular weight is 438 g/mol. The summed E-state index contributed by atoms with van der Waals surface area (Å²) in [5.41, 5.74) is 3.87. The molecule has 0 aliphatic rings. The van der Waals surface area contributed by atoms with Crippen LogP contribution >= 0.6 is 11.3 Å². The Kier molecular flexibility index (Phi) is 7.67. The Labute approximate surface area is 186 Å². The van der Waals surface area contributed by atoms with Gasteiger partial charge in [-0.3, -0.25) is 4.99 Å². The van der Waals surface area contributed by atoms with Gasteiger partial charge in [-0.05, 0) is 48.9 Å². The van der Waals surface area contributed by atoms with Gasteiger partial charge >= 0.3 is 0 Å². The molecule has 7 heteroatoms.